The molecule has 5 nitrogen and oxygen atoms in total. The molecule has 86 valence electrons. The van der Waals surface area contributed by atoms with E-state index < -0.39 is 0 Å². The number of allylic oxidation sites excluding steroid dienone is 1. The van der Waals surface area contributed by atoms with Crippen LogP contribution in [0.4, 0.5) is 0 Å². The Kier molecular flexibility index (Phi) is 4.44. The third kappa shape index (κ3) is 3.34. The third-order valence-corrected chi connectivity index (χ3v) is 2.01. The van der Waals surface area contributed by atoms with Gasteiger partial charge in [-0.25, -0.2) is 0 Å². The van der Waals surface area contributed by atoms with Gasteiger partial charge in [0.1, 0.15) is 5.71 Å². The Morgan fingerprint density at radius 2 is 2.44 bits per heavy atom. The van der Waals surface area contributed by atoms with E-state index in [1.165, 1.54) is 0 Å². The van der Waals surface area contributed by atoms with Gasteiger partial charge in [-0.2, -0.15) is 5.10 Å². The van der Waals surface area contributed by atoms with Crippen molar-refractivity contribution < 1.29 is 4.79 Å². The molecule has 0 fully saturated rings. The van der Waals surface area contributed by atoms with E-state index in [0.29, 0.717) is 12.3 Å². The normalized spacial score (nSPS) is 12.1. The van der Waals surface area contributed by atoms with Crippen LogP contribution in [0, 0.1) is 0 Å². The van der Waals surface area contributed by atoms with Crippen molar-refractivity contribution in [2.24, 2.45) is 12.0 Å². The molecule has 1 N–H and O–H groups in total. The first-order valence-electron chi connectivity index (χ1n) is 5.02. The van der Waals surface area contributed by atoms with Crippen molar-refractivity contribution in [3.63, 3.8) is 0 Å². The summed E-state index contributed by atoms with van der Waals surface area (Å²) in [6.07, 6.45) is 7.04. The maximum Gasteiger partial charge on any atom is 0.269 e. The fourth-order valence-electron chi connectivity index (χ4n) is 1.25. The predicted octanol–water partition coefficient (Wildman–Crippen LogP) is 0.683. The van der Waals surface area contributed by atoms with E-state index in [1.54, 1.807) is 30.1 Å². The Morgan fingerprint density at radius 1 is 1.69 bits per heavy atom. The molecule has 0 aromatic carbocycles. The van der Waals surface area contributed by atoms with Gasteiger partial charge in [0.2, 0.25) is 0 Å². The number of hydrogen-bond acceptors (Lipinski definition) is 3. The Bertz CT molecular complexity index is 417. The Morgan fingerprint density at radius 3 is 2.94 bits per heavy atom. The van der Waals surface area contributed by atoms with Crippen molar-refractivity contribution in [2.75, 3.05) is 7.05 Å². The van der Waals surface area contributed by atoms with Crippen molar-refractivity contribution in [2.45, 2.75) is 13.5 Å². The summed E-state index contributed by atoms with van der Waals surface area (Å²) in [5, 5.41) is 6.79. The number of amides is 1. The number of nitrogens with zero attached hydrogens (tertiary/aromatic N) is 3. The molecule has 1 heterocycles. The molecule has 1 aromatic heterocycles. The number of carbonyl (C=O) groups excluding carboxylic acids is 1. The van der Waals surface area contributed by atoms with Gasteiger partial charge in [0, 0.05) is 32.4 Å². The molecule has 1 aromatic rings. The van der Waals surface area contributed by atoms with Crippen LogP contribution >= 0.6 is 0 Å². The first-order valence-corrected chi connectivity index (χ1v) is 5.02. The maximum atomic E-state index is 11.6. The zero-order valence-corrected chi connectivity index (χ0v) is 9.77. The summed E-state index contributed by atoms with van der Waals surface area (Å²) in [5.41, 5.74) is 1.39. The van der Waals surface area contributed by atoms with Crippen molar-refractivity contribution in [3.8, 4) is 0 Å². The van der Waals surface area contributed by atoms with Crippen LogP contribution in [0.5, 0.6) is 0 Å². The zero-order valence-electron chi connectivity index (χ0n) is 9.77. The van der Waals surface area contributed by atoms with Gasteiger partial charge in [-0.15, -0.1) is 0 Å². The van der Waals surface area contributed by atoms with Gasteiger partial charge in [0.25, 0.3) is 5.91 Å². The average Bonchev–Trinajstić information content (AvgIpc) is 2.68. The van der Waals surface area contributed by atoms with Gasteiger partial charge in [0.05, 0.1) is 6.20 Å². The number of hydrogen-bond donors (Lipinski definition) is 1. The van der Waals surface area contributed by atoms with E-state index in [4.69, 9.17) is 0 Å². The minimum atomic E-state index is -0.176. The van der Waals surface area contributed by atoms with Gasteiger partial charge < -0.3 is 5.32 Å². The molecule has 0 spiro atoms. The lowest BCUT2D eigenvalue weighted by molar-refractivity contribution is -0.114. The monoisotopic (exact) mass is 220 g/mol. The Balaban J connectivity index is 2.52. The van der Waals surface area contributed by atoms with Crippen molar-refractivity contribution in [3.05, 3.63) is 30.1 Å². The number of carbonyl (C=O) groups is 1. The topological polar surface area (TPSA) is 59.3 Å². The van der Waals surface area contributed by atoms with E-state index in [0.717, 1.165) is 5.56 Å². The lowest BCUT2D eigenvalue weighted by Gasteiger charge is -2.02. The van der Waals surface area contributed by atoms with Gasteiger partial charge in [-0.3, -0.25) is 14.5 Å². The van der Waals surface area contributed by atoms with Gasteiger partial charge in [-0.05, 0) is 13.0 Å². The molecule has 16 heavy (non-hydrogen) atoms. The summed E-state index contributed by atoms with van der Waals surface area (Å²) in [5.74, 6) is -0.176. The molecule has 0 atom stereocenters. The molecule has 0 aliphatic carbocycles. The Hall–Kier alpha value is -1.91. The largest absolute Gasteiger partial charge is 0.347 e. The first-order chi connectivity index (χ1) is 7.67. The summed E-state index contributed by atoms with van der Waals surface area (Å²) < 4.78 is 1.70. The molecule has 1 rings (SSSR count). The van der Waals surface area contributed by atoms with Crippen LogP contribution in [0.25, 0.3) is 0 Å². The molecule has 0 saturated heterocycles. The van der Waals surface area contributed by atoms with E-state index in [2.05, 4.69) is 15.4 Å². The van der Waals surface area contributed by atoms with Crippen LogP contribution in [0.1, 0.15) is 12.5 Å². The fraction of sp³-hybridized carbons (Fsp3) is 0.364. The lowest BCUT2D eigenvalue weighted by atomic mass is 10.3. The number of nitrogens with one attached hydrogen (secondary N) is 1. The van der Waals surface area contributed by atoms with Gasteiger partial charge in [0.15, 0.2) is 0 Å². The summed E-state index contributed by atoms with van der Waals surface area (Å²) in [7, 11) is 3.43. The van der Waals surface area contributed by atoms with Crippen molar-refractivity contribution in [1.82, 2.24) is 15.1 Å². The third-order valence-electron chi connectivity index (χ3n) is 2.01. The molecule has 0 aliphatic rings. The summed E-state index contributed by atoms with van der Waals surface area (Å²) in [4.78, 5) is 15.5. The summed E-state index contributed by atoms with van der Waals surface area (Å²) in [6.45, 7) is 2.31. The first kappa shape index (κ1) is 12.2. The van der Waals surface area contributed by atoms with Gasteiger partial charge in [-0.1, -0.05) is 6.08 Å². The summed E-state index contributed by atoms with van der Waals surface area (Å²) >= 11 is 0. The van der Waals surface area contributed by atoms with Crippen LogP contribution < -0.4 is 5.32 Å². The Labute approximate surface area is 94.9 Å². The molecule has 5 heteroatoms. The van der Waals surface area contributed by atoms with Gasteiger partial charge >= 0.3 is 0 Å². The maximum absolute atomic E-state index is 11.6. The molecule has 1 amide bonds. The minimum Gasteiger partial charge on any atom is -0.347 e. The number of aryl methyl sites for hydroxylation is 1. The highest BCUT2D eigenvalue weighted by molar-refractivity contribution is 6.43. The molecule has 0 radical (unpaired) electrons. The highest BCUT2D eigenvalue weighted by Crippen LogP contribution is 1.95. The van der Waals surface area contributed by atoms with Crippen LogP contribution in [0.2, 0.25) is 0 Å². The number of rotatable bonds is 4. The minimum absolute atomic E-state index is 0.176. The lowest BCUT2D eigenvalue weighted by Crippen LogP contribution is -2.29. The number of aliphatic imine (C=N–C) groups is 1. The SMILES string of the molecule is C/C=C\C(=NC)C(=O)NCc1cnn(C)c1. The van der Waals surface area contributed by atoms with Crippen LogP contribution in [0.15, 0.2) is 29.5 Å². The quantitative estimate of drug-likeness (QED) is 0.759. The van der Waals surface area contributed by atoms with E-state index >= 15 is 0 Å². The molecular formula is C11H16N4O. The predicted molar refractivity (Wildman–Crippen MR) is 63.2 cm³/mol. The van der Waals surface area contributed by atoms with E-state index in [-0.39, 0.29) is 5.91 Å². The molecule has 0 aliphatic heterocycles. The van der Waals surface area contributed by atoms with E-state index in [1.807, 2.05) is 20.2 Å². The fourth-order valence-corrected chi connectivity index (χ4v) is 1.25. The van der Waals surface area contributed by atoms with Crippen molar-refractivity contribution >= 4 is 11.6 Å². The zero-order chi connectivity index (χ0) is 12.0. The average molecular weight is 220 g/mol. The molecule has 0 bridgehead atoms. The van der Waals surface area contributed by atoms with Crippen LogP contribution in [-0.4, -0.2) is 28.4 Å². The van der Waals surface area contributed by atoms with Crippen LogP contribution in [0.3, 0.4) is 0 Å². The highest BCUT2D eigenvalue weighted by Gasteiger charge is 2.06. The second-order valence-corrected chi connectivity index (χ2v) is 3.31. The standard InChI is InChI=1S/C11H16N4O/c1-4-5-10(12-2)11(16)13-6-9-7-14-15(3)8-9/h4-5,7-8H,6H2,1-3H3,(H,13,16)/b5-4-,12-10?. The second-order valence-electron chi connectivity index (χ2n) is 3.31. The van der Waals surface area contributed by atoms with Crippen molar-refractivity contribution in [1.29, 1.82) is 0 Å². The van der Waals surface area contributed by atoms with E-state index in [9.17, 15) is 4.79 Å². The summed E-state index contributed by atoms with van der Waals surface area (Å²) in [6, 6.07) is 0. The molecule has 0 unspecified atom stereocenters. The molecule has 0 saturated carbocycles. The smallest absolute Gasteiger partial charge is 0.269 e. The molecular weight excluding hydrogens is 204 g/mol. The van der Waals surface area contributed by atoms with Crippen LogP contribution in [-0.2, 0) is 18.4 Å². The number of aromatic nitrogens is 2. The second kappa shape index (κ2) is 5.85. The highest BCUT2D eigenvalue weighted by atomic mass is 16.1.